The Morgan fingerprint density at radius 3 is 2.21 bits per heavy atom. The van der Waals surface area contributed by atoms with E-state index in [1.54, 1.807) is 11.8 Å². The first-order chi connectivity index (χ1) is 6.57. The minimum absolute atomic E-state index is 0.181. The van der Waals surface area contributed by atoms with E-state index in [1.165, 1.54) is 10.5 Å². The van der Waals surface area contributed by atoms with Gasteiger partial charge in [0.2, 0.25) is 0 Å². The van der Waals surface area contributed by atoms with Gasteiger partial charge < -0.3 is 5.32 Å². The number of nitrogens with one attached hydrogen (secondary N) is 1. The van der Waals surface area contributed by atoms with Crippen LogP contribution in [0.15, 0.2) is 29.2 Å². The van der Waals surface area contributed by atoms with Crippen LogP contribution in [0.2, 0.25) is 0 Å². The second kappa shape index (κ2) is 4.85. The molecule has 0 heterocycles. The van der Waals surface area contributed by atoms with Gasteiger partial charge in [-0.15, -0.1) is 11.8 Å². The molecule has 0 radical (unpaired) electrons. The van der Waals surface area contributed by atoms with Crippen molar-refractivity contribution < 1.29 is 0 Å². The maximum absolute atomic E-state index is 3.31. The molecule has 0 aliphatic carbocycles. The van der Waals surface area contributed by atoms with Crippen LogP contribution in [0.25, 0.3) is 0 Å². The van der Waals surface area contributed by atoms with Crippen molar-refractivity contribution in [1.82, 2.24) is 5.32 Å². The molecule has 0 spiro atoms. The summed E-state index contributed by atoms with van der Waals surface area (Å²) in [5.41, 5.74) is 1.57. The first-order valence-corrected chi connectivity index (χ1v) is 6.12. The van der Waals surface area contributed by atoms with E-state index >= 15 is 0 Å². The topological polar surface area (TPSA) is 12.0 Å². The molecule has 0 amide bonds. The van der Waals surface area contributed by atoms with Crippen molar-refractivity contribution in [3.8, 4) is 0 Å². The van der Waals surface area contributed by atoms with Crippen molar-refractivity contribution in [3.63, 3.8) is 0 Å². The van der Waals surface area contributed by atoms with Gasteiger partial charge in [0.1, 0.15) is 0 Å². The Balaban J connectivity index is 2.69. The average molecular weight is 209 g/mol. The monoisotopic (exact) mass is 209 g/mol. The molecule has 0 bridgehead atoms. The summed E-state index contributed by atoms with van der Waals surface area (Å²) in [6, 6.07) is 8.80. The Labute approximate surface area is 91.3 Å². The summed E-state index contributed by atoms with van der Waals surface area (Å²) in [7, 11) is 2.01. The standard InChI is InChI=1S/C12H19NS/c1-12(2,13-3)9-10-5-7-11(14-4)8-6-10/h5-8,13H,9H2,1-4H3. The van der Waals surface area contributed by atoms with Gasteiger partial charge in [-0.05, 0) is 51.3 Å². The summed E-state index contributed by atoms with van der Waals surface area (Å²) >= 11 is 1.79. The van der Waals surface area contributed by atoms with Crippen molar-refractivity contribution in [2.45, 2.75) is 30.7 Å². The van der Waals surface area contributed by atoms with Gasteiger partial charge in [0.25, 0.3) is 0 Å². The van der Waals surface area contributed by atoms with E-state index in [1.807, 2.05) is 7.05 Å². The number of thioether (sulfide) groups is 1. The van der Waals surface area contributed by atoms with E-state index in [-0.39, 0.29) is 5.54 Å². The molecule has 0 fully saturated rings. The normalized spacial score (nSPS) is 11.7. The highest BCUT2D eigenvalue weighted by atomic mass is 32.2. The summed E-state index contributed by atoms with van der Waals surface area (Å²) in [6.07, 6.45) is 3.17. The fourth-order valence-electron chi connectivity index (χ4n) is 1.34. The minimum Gasteiger partial charge on any atom is -0.314 e. The zero-order valence-corrected chi connectivity index (χ0v) is 10.2. The van der Waals surface area contributed by atoms with Gasteiger partial charge in [0.15, 0.2) is 0 Å². The largest absolute Gasteiger partial charge is 0.314 e. The lowest BCUT2D eigenvalue weighted by Gasteiger charge is -2.24. The SMILES string of the molecule is CNC(C)(C)Cc1ccc(SC)cc1. The molecule has 2 heteroatoms. The second-order valence-corrected chi connectivity index (χ2v) is 5.04. The lowest BCUT2D eigenvalue weighted by molar-refractivity contribution is 0.422. The molecule has 1 N–H and O–H groups in total. The maximum atomic E-state index is 3.31. The van der Waals surface area contributed by atoms with Crippen LogP contribution in [-0.2, 0) is 6.42 Å². The van der Waals surface area contributed by atoms with E-state index in [0.29, 0.717) is 0 Å². The Morgan fingerprint density at radius 1 is 1.21 bits per heavy atom. The highest BCUT2D eigenvalue weighted by Gasteiger charge is 2.14. The van der Waals surface area contributed by atoms with Crippen LogP contribution in [-0.4, -0.2) is 18.8 Å². The number of likely N-dealkylation sites (N-methyl/N-ethyl adjacent to an activating group) is 1. The third kappa shape index (κ3) is 3.35. The Bertz CT molecular complexity index is 277. The van der Waals surface area contributed by atoms with Gasteiger partial charge >= 0.3 is 0 Å². The molecule has 1 rings (SSSR count). The molecular weight excluding hydrogens is 190 g/mol. The molecule has 0 aliphatic rings. The Morgan fingerprint density at radius 2 is 1.79 bits per heavy atom. The zero-order chi connectivity index (χ0) is 10.6. The molecule has 0 aliphatic heterocycles. The molecule has 0 saturated heterocycles. The van der Waals surface area contributed by atoms with Crippen molar-refractivity contribution in [2.75, 3.05) is 13.3 Å². The molecule has 14 heavy (non-hydrogen) atoms. The third-order valence-corrected chi connectivity index (χ3v) is 3.23. The highest BCUT2D eigenvalue weighted by molar-refractivity contribution is 7.98. The van der Waals surface area contributed by atoms with Crippen LogP contribution >= 0.6 is 11.8 Å². The number of hydrogen-bond acceptors (Lipinski definition) is 2. The lowest BCUT2D eigenvalue weighted by atomic mass is 9.95. The van der Waals surface area contributed by atoms with Crippen LogP contribution in [0.4, 0.5) is 0 Å². The van der Waals surface area contributed by atoms with Crippen LogP contribution in [0.3, 0.4) is 0 Å². The number of rotatable bonds is 4. The Kier molecular flexibility index (Phi) is 4.02. The Hall–Kier alpha value is -0.470. The fraction of sp³-hybridized carbons (Fsp3) is 0.500. The first-order valence-electron chi connectivity index (χ1n) is 4.89. The summed E-state index contributed by atoms with van der Waals surface area (Å²) in [5.74, 6) is 0. The van der Waals surface area contributed by atoms with Gasteiger partial charge in [-0.2, -0.15) is 0 Å². The summed E-state index contributed by atoms with van der Waals surface area (Å²) in [4.78, 5) is 1.33. The summed E-state index contributed by atoms with van der Waals surface area (Å²) in [6.45, 7) is 4.44. The molecule has 1 aromatic rings. The quantitative estimate of drug-likeness (QED) is 0.765. The smallest absolute Gasteiger partial charge is 0.0162 e. The molecule has 0 unspecified atom stereocenters. The fourth-order valence-corrected chi connectivity index (χ4v) is 1.75. The predicted molar refractivity (Wildman–Crippen MR) is 65.1 cm³/mol. The molecule has 0 aromatic heterocycles. The van der Waals surface area contributed by atoms with Crippen molar-refractivity contribution in [2.24, 2.45) is 0 Å². The predicted octanol–water partition coefficient (Wildman–Crippen LogP) is 2.95. The van der Waals surface area contributed by atoms with Crippen LogP contribution < -0.4 is 5.32 Å². The highest BCUT2D eigenvalue weighted by Crippen LogP contribution is 2.17. The number of hydrogen-bond donors (Lipinski definition) is 1. The zero-order valence-electron chi connectivity index (χ0n) is 9.42. The van der Waals surface area contributed by atoms with E-state index in [4.69, 9.17) is 0 Å². The van der Waals surface area contributed by atoms with E-state index in [0.717, 1.165) is 6.42 Å². The van der Waals surface area contributed by atoms with Gasteiger partial charge in [0.05, 0.1) is 0 Å². The number of benzene rings is 1. The maximum Gasteiger partial charge on any atom is 0.0162 e. The molecule has 1 nitrogen and oxygen atoms in total. The van der Waals surface area contributed by atoms with E-state index < -0.39 is 0 Å². The van der Waals surface area contributed by atoms with E-state index in [9.17, 15) is 0 Å². The van der Waals surface area contributed by atoms with Crippen molar-refractivity contribution >= 4 is 11.8 Å². The van der Waals surface area contributed by atoms with Gasteiger partial charge in [-0.1, -0.05) is 12.1 Å². The third-order valence-electron chi connectivity index (χ3n) is 2.48. The molecule has 78 valence electrons. The molecule has 1 aromatic carbocycles. The molecule has 0 atom stereocenters. The van der Waals surface area contributed by atoms with E-state index in [2.05, 4.69) is 49.7 Å². The second-order valence-electron chi connectivity index (χ2n) is 4.16. The van der Waals surface area contributed by atoms with Gasteiger partial charge in [-0.25, -0.2) is 0 Å². The lowest BCUT2D eigenvalue weighted by Crippen LogP contribution is -2.38. The van der Waals surface area contributed by atoms with Gasteiger partial charge in [0, 0.05) is 10.4 Å². The average Bonchev–Trinajstić information content (AvgIpc) is 2.19. The molecular formula is C12H19NS. The van der Waals surface area contributed by atoms with Crippen LogP contribution in [0, 0.1) is 0 Å². The van der Waals surface area contributed by atoms with Crippen molar-refractivity contribution in [1.29, 1.82) is 0 Å². The van der Waals surface area contributed by atoms with Gasteiger partial charge in [-0.3, -0.25) is 0 Å². The van der Waals surface area contributed by atoms with Crippen molar-refractivity contribution in [3.05, 3.63) is 29.8 Å². The molecule has 0 saturated carbocycles. The summed E-state index contributed by atoms with van der Waals surface area (Å²) < 4.78 is 0. The first kappa shape index (κ1) is 11.6. The summed E-state index contributed by atoms with van der Waals surface area (Å²) in [5, 5.41) is 3.31. The van der Waals surface area contributed by atoms with Crippen LogP contribution in [0.5, 0.6) is 0 Å². The van der Waals surface area contributed by atoms with Crippen LogP contribution in [0.1, 0.15) is 19.4 Å². The minimum atomic E-state index is 0.181.